The lowest BCUT2D eigenvalue weighted by molar-refractivity contribution is 0.232. The molecular weight excluding hydrogens is 500 g/mol. The van der Waals surface area contributed by atoms with Crippen LogP contribution in [-0.4, -0.2) is 13.7 Å². The fourth-order valence-corrected chi connectivity index (χ4v) is 5.41. The van der Waals surface area contributed by atoms with E-state index < -0.39 is 0 Å². The summed E-state index contributed by atoms with van der Waals surface area (Å²) in [4.78, 5) is 0. The van der Waals surface area contributed by atoms with Gasteiger partial charge in [0.25, 0.3) is 0 Å². The van der Waals surface area contributed by atoms with Gasteiger partial charge in [-0.25, -0.2) is 0 Å². The Hall–Kier alpha value is -4.30. The van der Waals surface area contributed by atoms with E-state index in [1.54, 1.807) is 7.11 Å². The SMILES string of the molecule is CCCCC(CC)COc1cc(/C=C/c2cccc3ccccc23)c(OC)cc1/C=C/c1cccc2ccccc12. The molecule has 41 heavy (non-hydrogen) atoms. The van der Waals surface area contributed by atoms with Crippen LogP contribution in [0, 0.1) is 5.92 Å². The van der Waals surface area contributed by atoms with E-state index in [1.807, 2.05) is 0 Å². The van der Waals surface area contributed by atoms with E-state index in [2.05, 4.69) is 135 Å². The van der Waals surface area contributed by atoms with Gasteiger partial charge in [-0.05, 0) is 57.1 Å². The van der Waals surface area contributed by atoms with Gasteiger partial charge in [0.15, 0.2) is 0 Å². The van der Waals surface area contributed by atoms with Gasteiger partial charge in [-0.3, -0.25) is 0 Å². The molecule has 0 spiro atoms. The highest BCUT2D eigenvalue weighted by molar-refractivity contribution is 5.94. The first-order valence-electron chi connectivity index (χ1n) is 14.9. The zero-order chi connectivity index (χ0) is 28.4. The second-order valence-corrected chi connectivity index (χ2v) is 10.7. The lowest BCUT2D eigenvalue weighted by Crippen LogP contribution is -2.12. The van der Waals surface area contributed by atoms with Crippen molar-refractivity contribution in [2.45, 2.75) is 39.5 Å². The zero-order valence-corrected chi connectivity index (χ0v) is 24.5. The molecule has 0 aliphatic carbocycles. The maximum absolute atomic E-state index is 6.58. The maximum Gasteiger partial charge on any atom is 0.127 e. The number of rotatable bonds is 12. The first-order valence-corrected chi connectivity index (χ1v) is 14.9. The molecule has 5 rings (SSSR count). The van der Waals surface area contributed by atoms with Gasteiger partial charge in [-0.1, -0.05) is 142 Å². The predicted octanol–water partition coefficient (Wildman–Crippen LogP) is 10.9. The van der Waals surface area contributed by atoms with Crippen LogP contribution in [0.4, 0.5) is 0 Å². The van der Waals surface area contributed by atoms with Crippen molar-refractivity contribution in [3.63, 3.8) is 0 Å². The fourth-order valence-electron chi connectivity index (χ4n) is 5.41. The van der Waals surface area contributed by atoms with Gasteiger partial charge in [-0.2, -0.15) is 0 Å². The van der Waals surface area contributed by atoms with Crippen molar-refractivity contribution in [2.24, 2.45) is 5.92 Å². The molecule has 5 aromatic carbocycles. The molecule has 0 aliphatic rings. The third-order valence-corrected chi connectivity index (χ3v) is 7.91. The highest BCUT2D eigenvalue weighted by Crippen LogP contribution is 2.34. The normalized spacial score (nSPS) is 12.5. The van der Waals surface area contributed by atoms with Crippen LogP contribution in [0.5, 0.6) is 11.5 Å². The molecule has 0 aliphatic heterocycles. The van der Waals surface area contributed by atoms with Crippen molar-refractivity contribution in [3.05, 3.63) is 119 Å². The third-order valence-electron chi connectivity index (χ3n) is 7.91. The summed E-state index contributed by atoms with van der Waals surface area (Å²) in [5, 5.41) is 4.94. The van der Waals surface area contributed by atoms with E-state index in [4.69, 9.17) is 9.47 Å². The van der Waals surface area contributed by atoms with Crippen molar-refractivity contribution in [2.75, 3.05) is 13.7 Å². The Balaban J connectivity index is 1.52. The molecular formula is C39H40O2. The number of hydrogen-bond acceptors (Lipinski definition) is 2. The van der Waals surface area contributed by atoms with Gasteiger partial charge < -0.3 is 9.47 Å². The van der Waals surface area contributed by atoms with Crippen molar-refractivity contribution in [1.29, 1.82) is 0 Å². The van der Waals surface area contributed by atoms with E-state index >= 15 is 0 Å². The Morgan fingerprint density at radius 1 is 0.610 bits per heavy atom. The number of unbranched alkanes of at least 4 members (excludes halogenated alkanes) is 1. The second-order valence-electron chi connectivity index (χ2n) is 10.7. The summed E-state index contributed by atoms with van der Waals surface area (Å²) in [7, 11) is 1.74. The van der Waals surface area contributed by atoms with E-state index in [0.29, 0.717) is 12.5 Å². The summed E-state index contributed by atoms with van der Waals surface area (Å²) in [6, 6.07) is 34.1. The molecule has 0 radical (unpaired) electrons. The van der Waals surface area contributed by atoms with E-state index in [0.717, 1.165) is 29.0 Å². The van der Waals surface area contributed by atoms with Gasteiger partial charge in [0.1, 0.15) is 11.5 Å². The van der Waals surface area contributed by atoms with E-state index in [1.165, 1.54) is 51.9 Å². The van der Waals surface area contributed by atoms with Gasteiger partial charge >= 0.3 is 0 Å². The first-order chi connectivity index (χ1) is 20.2. The van der Waals surface area contributed by atoms with Crippen LogP contribution in [0.2, 0.25) is 0 Å². The fraction of sp³-hybridized carbons (Fsp3) is 0.231. The smallest absolute Gasteiger partial charge is 0.127 e. The molecule has 2 heteroatoms. The van der Waals surface area contributed by atoms with Gasteiger partial charge in [0, 0.05) is 11.1 Å². The quantitative estimate of drug-likeness (QED) is 0.147. The molecule has 0 fully saturated rings. The minimum atomic E-state index is 0.543. The minimum absolute atomic E-state index is 0.543. The molecule has 0 amide bonds. The number of ether oxygens (including phenoxy) is 2. The highest BCUT2D eigenvalue weighted by Gasteiger charge is 2.13. The van der Waals surface area contributed by atoms with Crippen LogP contribution in [0.15, 0.2) is 97.1 Å². The molecule has 0 bridgehead atoms. The summed E-state index contributed by atoms with van der Waals surface area (Å²) in [6.07, 6.45) is 13.4. The Kier molecular flexibility index (Phi) is 9.54. The minimum Gasteiger partial charge on any atom is -0.496 e. The summed E-state index contributed by atoms with van der Waals surface area (Å²) < 4.78 is 12.5. The lowest BCUT2D eigenvalue weighted by atomic mass is 10.00. The number of hydrogen-bond donors (Lipinski definition) is 0. The van der Waals surface area contributed by atoms with Crippen LogP contribution in [0.3, 0.4) is 0 Å². The van der Waals surface area contributed by atoms with Crippen LogP contribution >= 0.6 is 0 Å². The highest BCUT2D eigenvalue weighted by atomic mass is 16.5. The third kappa shape index (κ3) is 6.89. The predicted molar refractivity (Wildman–Crippen MR) is 178 cm³/mol. The molecule has 0 saturated carbocycles. The monoisotopic (exact) mass is 540 g/mol. The Labute approximate surface area is 245 Å². The number of fused-ring (bicyclic) bond motifs is 2. The van der Waals surface area contributed by atoms with Crippen molar-refractivity contribution >= 4 is 45.8 Å². The largest absolute Gasteiger partial charge is 0.496 e. The molecule has 1 atom stereocenters. The lowest BCUT2D eigenvalue weighted by Gasteiger charge is -2.18. The molecule has 208 valence electrons. The van der Waals surface area contributed by atoms with Crippen LogP contribution in [0.1, 0.15) is 61.8 Å². The van der Waals surface area contributed by atoms with Crippen LogP contribution in [0.25, 0.3) is 45.8 Å². The molecule has 0 aromatic heterocycles. The van der Waals surface area contributed by atoms with Crippen molar-refractivity contribution in [3.8, 4) is 11.5 Å². The maximum atomic E-state index is 6.58. The Morgan fingerprint density at radius 2 is 1.12 bits per heavy atom. The molecule has 1 unspecified atom stereocenters. The number of methoxy groups -OCH3 is 1. The van der Waals surface area contributed by atoms with Crippen LogP contribution < -0.4 is 9.47 Å². The second kappa shape index (κ2) is 13.9. The Morgan fingerprint density at radius 3 is 1.68 bits per heavy atom. The standard InChI is InChI=1S/C39H40O2/c1-4-6-13-29(5-2)28-41-39-27-34(24-22-32-18-11-16-30-14-7-9-20-36(30)32)38(40-3)26-35(39)25-23-33-19-12-17-31-15-8-10-21-37(31)33/h7-12,14-27,29H,4-6,13,28H2,1-3H3/b24-22+,25-23+. The van der Waals surface area contributed by atoms with Crippen LogP contribution in [-0.2, 0) is 0 Å². The summed E-state index contributed by atoms with van der Waals surface area (Å²) in [5.41, 5.74) is 4.38. The molecule has 2 nitrogen and oxygen atoms in total. The van der Waals surface area contributed by atoms with E-state index in [9.17, 15) is 0 Å². The summed E-state index contributed by atoms with van der Waals surface area (Å²) in [5.74, 6) is 2.25. The first kappa shape index (κ1) is 28.2. The molecule has 0 heterocycles. The van der Waals surface area contributed by atoms with E-state index in [-0.39, 0.29) is 0 Å². The van der Waals surface area contributed by atoms with Gasteiger partial charge in [-0.15, -0.1) is 0 Å². The number of benzene rings is 5. The topological polar surface area (TPSA) is 18.5 Å². The van der Waals surface area contributed by atoms with Gasteiger partial charge in [0.2, 0.25) is 0 Å². The Bertz CT molecular complexity index is 1650. The average molecular weight is 541 g/mol. The zero-order valence-electron chi connectivity index (χ0n) is 24.5. The average Bonchev–Trinajstić information content (AvgIpc) is 3.03. The van der Waals surface area contributed by atoms with Crippen molar-refractivity contribution < 1.29 is 9.47 Å². The summed E-state index contributed by atoms with van der Waals surface area (Å²) >= 11 is 0. The molecule has 5 aromatic rings. The summed E-state index contributed by atoms with van der Waals surface area (Å²) in [6.45, 7) is 5.23. The molecule has 0 saturated heterocycles. The van der Waals surface area contributed by atoms with Gasteiger partial charge in [0.05, 0.1) is 13.7 Å². The van der Waals surface area contributed by atoms with Crippen molar-refractivity contribution in [1.82, 2.24) is 0 Å². The molecule has 0 N–H and O–H groups in total.